The van der Waals surface area contributed by atoms with Crippen LogP contribution in [0.2, 0.25) is 0 Å². The Kier molecular flexibility index (Phi) is 6.56. The number of hydrogen-bond acceptors (Lipinski definition) is 6. The van der Waals surface area contributed by atoms with Gasteiger partial charge in [-0.2, -0.15) is 14.0 Å². The lowest BCUT2D eigenvalue weighted by atomic mass is 10.7. The predicted octanol–water partition coefficient (Wildman–Crippen LogP) is -5.09. The van der Waals surface area contributed by atoms with E-state index >= 15 is 0 Å². The maximum Gasteiger partial charge on any atom is 0.317 e. The highest BCUT2D eigenvalue weighted by Crippen LogP contribution is 1.60. The molecule has 0 unspecified atom stereocenters. The van der Waals surface area contributed by atoms with Crippen molar-refractivity contribution in [3.05, 3.63) is 0 Å². The molecular weight excluding hydrogens is 169 g/mol. The van der Waals surface area contributed by atoms with E-state index in [2.05, 4.69) is 5.73 Å². The normalized spacial score (nSPS) is 9.70. The summed E-state index contributed by atoms with van der Waals surface area (Å²) >= 11 is 0. The van der Waals surface area contributed by atoms with Crippen molar-refractivity contribution in [1.82, 2.24) is 0 Å². The fraction of sp³-hybridized carbons (Fsp3) is 0.500. The van der Waals surface area contributed by atoms with Gasteiger partial charge in [-0.15, -0.1) is 0 Å². The van der Waals surface area contributed by atoms with E-state index in [1.807, 2.05) is 0 Å². The maximum atomic E-state index is 9.24. The van der Waals surface area contributed by atoms with Crippen LogP contribution in [-0.2, 0) is 4.79 Å². The van der Waals surface area contributed by atoms with Crippen molar-refractivity contribution in [2.45, 2.75) is 0 Å². The molecule has 0 bridgehead atoms. The van der Waals surface area contributed by atoms with Crippen molar-refractivity contribution in [1.29, 1.82) is 0 Å². The summed E-state index contributed by atoms with van der Waals surface area (Å²) < 4.78 is 32.7. The minimum absolute atomic E-state index is 0.278. The van der Waals surface area contributed by atoms with E-state index in [1.165, 1.54) is 0 Å². The van der Waals surface area contributed by atoms with Gasteiger partial charge in [0.1, 0.15) is 0 Å². The van der Waals surface area contributed by atoms with Gasteiger partial charge in [0, 0.05) is 0 Å². The lowest BCUT2D eigenvalue weighted by molar-refractivity contribution is -1.92. The fourth-order valence-corrected chi connectivity index (χ4v) is 0. The zero-order valence-corrected chi connectivity index (χ0v) is 5.45. The second-order valence-electron chi connectivity index (χ2n) is 0.994. The van der Waals surface area contributed by atoms with Crippen LogP contribution in [0.3, 0.4) is 0 Å². The monoisotopic (exact) mass is 175 g/mol. The molecule has 0 aliphatic heterocycles. The van der Waals surface area contributed by atoms with E-state index in [1.54, 1.807) is 0 Å². The number of carboxylic acids is 1. The average molecular weight is 176 g/mol. The molecule has 0 atom stereocenters. The molecule has 0 aliphatic carbocycles. The van der Waals surface area contributed by atoms with Crippen LogP contribution in [0.25, 0.3) is 0 Å². The van der Waals surface area contributed by atoms with Gasteiger partial charge in [0.25, 0.3) is 0 Å². The number of rotatable bonds is 1. The lowest BCUT2D eigenvalue weighted by Gasteiger charge is -2.03. The van der Waals surface area contributed by atoms with Gasteiger partial charge in [0.15, 0.2) is 0 Å². The molecule has 0 aliphatic rings. The lowest BCUT2D eigenvalue weighted by Crippen LogP contribution is -2.58. The van der Waals surface area contributed by atoms with Gasteiger partial charge < -0.3 is 10.8 Å². The third-order valence-corrected chi connectivity index (χ3v) is 0.175. The molecule has 0 spiro atoms. The standard InChI is InChI=1S/C2H5NO2.ClHO4/c3-1-2(4)5;2-1(3,4)5/h1,3H2,(H,4,5);(H,2,3,4,5). The average Bonchev–Trinajstić information content (AvgIpc) is 1.61. The molecule has 0 heterocycles. The first kappa shape index (κ1) is 12.3. The van der Waals surface area contributed by atoms with Crippen molar-refractivity contribution in [2.75, 3.05) is 6.54 Å². The van der Waals surface area contributed by atoms with Crippen LogP contribution in [0.5, 0.6) is 0 Å². The molecule has 0 rings (SSSR count). The summed E-state index contributed by atoms with van der Waals surface area (Å²) in [5, 5.41) is 7.60. The predicted molar refractivity (Wildman–Crippen MR) is 18.9 cm³/mol. The molecule has 0 saturated heterocycles. The number of nitrogens with two attached hydrogens (primary N) is 1. The maximum absolute atomic E-state index is 9.24. The molecule has 8 heteroatoms. The van der Waals surface area contributed by atoms with E-state index in [-0.39, 0.29) is 6.54 Å². The highest BCUT2D eigenvalue weighted by molar-refractivity contribution is 5.68. The van der Waals surface area contributed by atoms with Crippen LogP contribution in [0.1, 0.15) is 0 Å². The van der Waals surface area contributed by atoms with Crippen molar-refractivity contribution in [2.24, 2.45) is 5.73 Å². The Balaban J connectivity index is 0. The second kappa shape index (κ2) is 5.35. The number of hydrogen-bond donors (Lipinski definition) is 3. The van der Waals surface area contributed by atoms with Crippen molar-refractivity contribution in [3.8, 4) is 0 Å². The molecule has 0 radical (unpaired) electrons. The Labute approximate surface area is 58.0 Å². The molecule has 62 valence electrons. The molecule has 0 aromatic carbocycles. The van der Waals surface area contributed by atoms with Crippen LogP contribution in [0, 0.1) is 10.2 Å². The minimum atomic E-state index is -4.69. The summed E-state index contributed by atoms with van der Waals surface area (Å²) in [6, 6.07) is 0. The van der Waals surface area contributed by atoms with Gasteiger partial charge in [-0.25, -0.2) is 0 Å². The molecule has 0 fully saturated rings. The largest absolute Gasteiger partial charge is 0.480 e. The van der Waals surface area contributed by atoms with Gasteiger partial charge in [0.05, 0.1) is 21.4 Å². The molecule has 0 saturated carbocycles. The topological polar surface area (TPSA) is 153 Å². The summed E-state index contributed by atoms with van der Waals surface area (Å²) in [7, 11) is -4.69. The molecular formula is C2H6ClNO6. The summed E-state index contributed by atoms with van der Waals surface area (Å²) in [5.74, 6) is -0.968. The minimum Gasteiger partial charge on any atom is -0.480 e. The van der Waals surface area contributed by atoms with Crippen LogP contribution in [0.15, 0.2) is 0 Å². The highest BCUT2D eigenvalue weighted by Gasteiger charge is 1.98. The number of aliphatic carboxylic acids is 1. The third kappa shape index (κ3) is 134. The zero-order chi connectivity index (χ0) is 8.78. The van der Waals surface area contributed by atoms with Crippen LogP contribution >= 0.6 is 0 Å². The fourth-order valence-electron chi connectivity index (χ4n) is 0. The van der Waals surface area contributed by atoms with Crippen LogP contribution < -0.4 is 19.7 Å². The first-order valence-electron chi connectivity index (χ1n) is 1.82. The van der Waals surface area contributed by atoms with Gasteiger partial charge in [-0.1, -0.05) is 0 Å². The molecule has 0 aromatic heterocycles. The molecule has 10 heavy (non-hydrogen) atoms. The zero-order valence-electron chi connectivity index (χ0n) is 4.69. The number of halogens is 1. The Morgan fingerprint density at radius 2 is 1.60 bits per heavy atom. The Bertz CT molecular complexity index is 92.4. The molecule has 0 aromatic rings. The summed E-state index contributed by atoms with van der Waals surface area (Å²) in [6.45, 7) is -0.278. The van der Waals surface area contributed by atoms with Crippen molar-refractivity contribution >= 4 is 5.97 Å². The first-order chi connectivity index (χ1) is 4.27. The number of carboxylic acid groups (broad SMARTS) is 1. The van der Waals surface area contributed by atoms with E-state index in [0.29, 0.717) is 0 Å². The van der Waals surface area contributed by atoms with Gasteiger partial charge in [-0.3, -0.25) is 4.79 Å². The van der Waals surface area contributed by atoms with Crippen LogP contribution in [-0.4, -0.2) is 22.3 Å². The molecule has 7 nitrogen and oxygen atoms in total. The Morgan fingerprint density at radius 3 is 1.60 bits per heavy atom. The van der Waals surface area contributed by atoms with E-state index in [9.17, 15) is 4.79 Å². The molecule has 0 amide bonds. The summed E-state index contributed by atoms with van der Waals surface area (Å²) in [5.41, 5.74) is 4.57. The van der Waals surface area contributed by atoms with Crippen molar-refractivity contribution in [3.63, 3.8) is 0 Å². The van der Waals surface area contributed by atoms with Gasteiger partial charge in [-0.05, 0) is 0 Å². The smallest absolute Gasteiger partial charge is 0.317 e. The SMILES string of the molecule is NCC(=O)O.[O-][Cl+3]([O-])([O-])O. The van der Waals surface area contributed by atoms with Crippen molar-refractivity contribution < 1.29 is 38.8 Å². The highest BCUT2D eigenvalue weighted by atomic mass is 35.7. The van der Waals surface area contributed by atoms with E-state index in [4.69, 9.17) is 23.7 Å². The van der Waals surface area contributed by atoms with E-state index in [0.717, 1.165) is 0 Å². The van der Waals surface area contributed by atoms with Gasteiger partial charge >= 0.3 is 5.97 Å². The van der Waals surface area contributed by atoms with Gasteiger partial charge in [0.2, 0.25) is 0 Å². The quantitative estimate of drug-likeness (QED) is 0.360. The Morgan fingerprint density at radius 1 is 1.50 bits per heavy atom. The van der Waals surface area contributed by atoms with E-state index < -0.39 is 16.2 Å². The summed E-state index contributed by atoms with van der Waals surface area (Å²) in [4.78, 5) is 9.24. The third-order valence-electron chi connectivity index (χ3n) is 0.175. The number of carbonyl (C=O) groups is 1. The molecule has 4 N–H and O–H groups in total. The Hall–Kier alpha value is -0.440. The summed E-state index contributed by atoms with van der Waals surface area (Å²) in [6.07, 6.45) is 0. The first-order valence-corrected chi connectivity index (χ1v) is 3.09. The second-order valence-corrected chi connectivity index (χ2v) is 1.79. The van der Waals surface area contributed by atoms with Crippen LogP contribution in [0.4, 0.5) is 0 Å².